The van der Waals surface area contributed by atoms with Crippen molar-refractivity contribution in [2.45, 2.75) is 82.8 Å². The van der Waals surface area contributed by atoms with Crippen LogP contribution in [0.3, 0.4) is 0 Å². The van der Waals surface area contributed by atoms with Gasteiger partial charge in [0.25, 0.3) is 5.92 Å². The van der Waals surface area contributed by atoms with Gasteiger partial charge in [0.05, 0.1) is 25.3 Å². The number of aryl methyl sites for hydroxylation is 1. The van der Waals surface area contributed by atoms with E-state index in [0.717, 1.165) is 29.5 Å². The summed E-state index contributed by atoms with van der Waals surface area (Å²) in [6, 6.07) is 12.2. The van der Waals surface area contributed by atoms with Crippen molar-refractivity contribution >= 4 is 17.7 Å². The van der Waals surface area contributed by atoms with Gasteiger partial charge in [-0.3, -0.25) is 9.78 Å². The fourth-order valence-corrected chi connectivity index (χ4v) is 5.82. The smallest absolute Gasteiger partial charge is 0.407 e. The Morgan fingerprint density at radius 2 is 1.88 bits per heavy atom. The van der Waals surface area contributed by atoms with Crippen molar-refractivity contribution in [1.29, 1.82) is 0 Å². The van der Waals surface area contributed by atoms with Crippen molar-refractivity contribution in [2.24, 2.45) is 0 Å². The topological polar surface area (TPSA) is 102 Å². The second kappa shape index (κ2) is 17.9. The number of nitrogens with one attached hydrogen (secondary N) is 3. The summed E-state index contributed by atoms with van der Waals surface area (Å²) in [5, 5.41) is 8.21. The molecule has 0 spiro atoms. The fourth-order valence-electron chi connectivity index (χ4n) is 5.82. The van der Waals surface area contributed by atoms with Crippen molar-refractivity contribution in [3.63, 3.8) is 0 Å². The van der Waals surface area contributed by atoms with Crippen LogP contribution in [-0.4, -0.2) is 61.4 Å². The number of halogens is 4. The van der Waals surface area contributed by atoms with Crippen molar-refractivity contribution in [3.05, 3.63) is 94.8 Å². The number of anilines is 1. The standard InChI is InChI=1S/C36H44F4N4O4/c1-3-6-25-19-41-17-15-29(25)31(24-9-11-26(37)12-10-24)18-34(45)44-33-8-5-7-32(38)30(33)14-13-28-20-42-27(21-47-28)22-48-35(46)43-23-36(39,40)16-4-2/h5,7-12,15,17,19,27-28,31,42H,3-4,6,13-14,16,18,20-23H2,1-2H3,(H,43,46)(H,44,45). The minimum atomic E-state index is -2.99. The molecule has 4 rings (SSSR count). The molecule has 48 heavy (non-hydrogen) atoms. The van der Waals surface area contributed by atoms with Crippen LogP contribution in [0, 0.1) is 11.6 Å². The van der Waals surface area contributed by atoms with Gasteiger partial charge in [-0.15, -0.1) is 0 Å². The van der Waals surface area contributed by atoms with Crippen LogP contribution in [0.25, 0.3) is 0 Å². The summed E-state index contributed by atoms with van der Waals surface area (Å²) in [7, 11) is 0. The van der Waals surface area contributed by atoms with Crippen molar-refractivity contribution < 1.29 is 36.6 Å². The molecule has 3 unspecified atom stereocenters. The summed E-state index contributed by atoms with van der Waals surface area (Å²) in [6.45, 7) is 3.49. The lowest BCUT2D eigenvalue weighted by atomic mass is 9.85. The first-order valence-corrected chi connectivity index (χ1v) is 16.5. The first kappa shape index (κ1) is 36.8. The molecule has 1 saturated heterocycles. The Morgan fingerprint density at radius 3 is 2.58 bits per heavy atom. The molecule has 3 N–H and O–H groups in total. The minimum Gasteiger partial charge on any atom is -0.448 e. The van der Waals surface area contributed by atoms with Gasteiger partial charge in [0.2, 0.25) is 5.91 Å². The molecule has 1 aliphatic rings. The summed E-state index contributed by atoms with van der Waals surface area (Å²) < 4.78 is 67.0. The molecule has 12 heteroatoms. The number of aromatic nitrogens is 1. The minimum absolute atomic E-state index is 0.0558. The number of carbonyl (C=O) groups excluding carboxylic acids is 2. The van der Waals surface area contributed by atoms with Crippen LogP contribution in [0.1, 0.15) is 74.1 Å². The van der Waals surface area contributed by atoms with E-state index in [1.165, 1.54) is 18.2 Å². The zero-order valence-electron chi connectivity index (χ0n) is 27.4. The molecule has 0 saturated carbocycles. The van der Waals surface area contributed by atoms with E-state index in [1.807, 2.05) is 6.07 Å². The van der Waals surface area contributed by atoms with Crippen molar-refractivity contribution in [1.82, 2.24) is 15.6 Å². The lowest BCUT2D eigenvalue weighted by Gasteiger charge is -2.30. The molecule has 3 atom stereocenters. The average molecular weight is 673 g/mol. The van der Waals surface area contributed by atoms with Crippen molar-refractivity contribution in [2.75, 3.05) is 31.6 Å². The van der Waals surface area contributed by atoms with E-state index in [4.69, 9.17) is 9.47 Å². The molecular formula is C36H44F4N4O4. The predicted molar refractivity (Wildman–Crippen MR) is 175 cm³/mol. The number of hydrogen-bond acceptors (Lipinski definition) is 6. The number of morpholine rings is 1. The molecule has 260 valence electrons. The normalized spacial score (nSPS) is 17.0. The maximum atomic E-state index is 15.1. The van der Waals surface area contributed by atoms with Crippen LogP contribution in [0.15, 0.2) is 60.9 Å². The van der Waals surface area contributed by atoms with E-state index in [1.54, 1.807) is 43.6 Å². The summed E-state index contributed by atoms with van der Waals surface area (Å²) in [5.41, 5.74) is 3.46. The number of ether oxygens (including phenoxy) is 2. The van der Waals surface area contributed by atoms with Gasteiger partial charge >= 0.3 is 6.09 Å². The summed E-state index contributed by atoms with van der Waals surface area (Å²) >= 11 is 0. The predicted octanol–water partition coefficient (Wildman–Crippen LogP) is 6.92. The zero-order valence-corrected chi connectivity index (χ0v) is 27.4. The summed E-state index contributed by atoms with van der Waals surface area (Å²) in [5.74, 6) is -4.48. The van der Waals surface area contributed by atoms with E-state index < -0.39 is 24.4 Å². The first-order valence-electron chi connectivity index (χ1n) is 16.5. The van der Waals surface area contributed by atoms with E-state index >= 15 is 4.39 Å². The number of alkyl halides is 2. The molecule has 3 aromatic rings. The maximum Gasteiger partial charge on any atom is 0.407 e. The number of nitrogens with zero attached hydrogens (tertiary/aromatic N) is 1. The highest BCUT2D eigenvalue weighted by Crippen LogP contribution is 2.32. The van der Waals surface area contributed by atoms with Crippen LogP contribution >= 0.6 is 0 Å². The molecule has 0 bridgehead atoms. The van der Waals surface area contributed by atoms with Crippen LogP contribution in [0.5, 0.6) is 0 Å². The number of amides is 2. The molecule has 1 fully saturated rings. The quantitative estimate of drug-likeness (QED) is 0.143. The van der Waals surface area contributed by atoms with Gasteiger partial charge in [0.15, 0.2) is 0 Å². The Hall–Kier alpha value is -4.03. The van der Waals surface area contributed by atoms with E-state index in [9.17, 15) is 22.8 Å². The third-order valence-corrected chi connectivity index (χ3v) is 8.30. The molecule has 0 radical (unpaired) electrons. The molecule has 2 amide bonds. The monoisotopic (exact) mass is 672 g/mol. The zero-order chi connectivity index (χ0) is 34.5. The third kappa shape index (κ3) is 11.0. The largest absolute Gasteiger partial charge is 0.448 e. The first-order chi connectivity index (χ1) is 23.1. The molecule has 0 aliphatic carbocycles. The lowest BCUT2D eigenvalue weighted by Crippen LogP contribution is -2.49. The number of rotatable bonds is 16. The van der Waals surface area contributed by atoms with E-state index in [-0.39, 0.29) is 62.3 Å². The highest BCUT2D eigenvalue weighted by molar-refractivity contribution is 5.92. The Labute approximate surface area is 279 Å². The number of pyridine rings is 1. The highest BCUT2D eigenvalue weighted by atomic mass is 19.3. The van der Waals surface area contributed by atoms with Crippen LogP contribution < -0.4 is 16.0 Å². The Morgan fingerprint density at radius 1 is 1.08 bits per heavy atom. The molecule has 8 nitrogen and oxygen atoms in total. The Balaban J connectivity index is 1.32. The fraction of sp³-hybridized carbons (Fsp3) is 0.472. The van der Waals surface area contributed by atoms with E-state index in [0.29, 0.717) is 30.6 Å². The summed E-state index contributed by atoms with van der Waals surface area (Å²) in [4.78, 5) is 29.6. The Bertz CT molecular complexity index is 1480. The maximum absolute atomic E-state index is 15.1. The number of hydrogen-bond donors (Lipinski definition) is 3. The average Bonchev–Trinajstić information content (AvgIpc) is 3.06. The van der Waals surface area contributed by atoms with E-state index in [2.05, 4.69) is 27.9 Å². The second-order valence-corrected chi connectivity index (χ2v) is 12.1. The molecule has 2 aromatic carbocycles. The van der Waals surface area contributed by atoms with Gasteiger partial charge in [0.1, 0.15) is 18.2 Å². The van der Waals surface area contributed by atoms with Crippen LogP contribution in [-0.2, 0) is 27.1 Å². The van der Waals surface area contributed by atoms with Gasteiger partial charge < -0.3 is 25.4 Å². The third-order valence-electron chi connectivity index (χ3n) is 8.30. The second-order valence-electron chi connectivity index (χ2n) is 12.1. The lowest BCUT2D eigenvalue weighted by molar-refractivity contribution is -0.116. The number of carbonyl (C=O) groups is 2. The van der Waals surface area contributed by atoms with Gasteiger partial charge in [-0.05, 0) is 66.3 Å². The van der Waals surface area contributed by atoms with Gasteiger partial charge in [-0.2, -0.15) is 0 Å². The molecular weight excluding hydrogens is 628 g/mol. The molecule has 2 heterocycles. The number of benzene rings is 2. The number of alkyl carbamates (subject to hydrolysis) is 1. The SMILES string of the molecule is CCCc1cnccc1C(CC(=O)Nc1cccc(F)c1CCC1CNC(COC(=O)NCC(F)(F)CCC)CO1)c1ccc(F)cc1. The highest BCUT2D eigenvalue weighted by Gasteiger charge is 2.29. The van der Waals surface area contributed by atoms with Crippen LogP contribution in [0.4, 0.5) is 28.0 Å². The van der Waals surface area contributed by atoms with Gasteiger partial charge in [-0.1, -0.05) is 44.9 Å². The molecule has 1 aliphatic heterocycles. The van der Waals surface area contributed by atoms with Crippen LogP contribution in [0.2, 0.25) is 0 Å². The van der Waals surface area contributed by atoms with Gasteiger partial charge in [-0.25, -0.2) is 22.4 Å². The van der Waals surface area contributed by atoms with Gasteiger partial charge in [0, 0.05) is 48.9 Å². The molecule has 1 aromatic heterocycles. The van der Waals surface area contributed by atoms with Crippen molar-refractivity contribution in [3.8, 4) is 0 Å². The summed E-state index contributed by atoms with van der Waals surface area (Å²) in [6.07, 6.45) is 4.73. The Kier molecular flexibility index (Phi) is 13.7.